The zero-order valence-corrected chi connectivity index (χ0v) is 40.4. The number of carbonyl (C=O) groups is 2. The fourth-order valence-electron chi connectivity index (χ4n) is 6.04. The first-order valence-corrected chi connectivity index (χ1v) is 25.9. The molecule has 1 amide bonds. The number of rotatable bonds is 44. The summed E-state index contributed by atoms with van der Waals surface area (Å²) in [7, 11) is -4.44. The second kappa shape index (κ2) is 48.1. The molecule has 358 valence electrons. The largest absolute Gasteiger partial charge is 0.472 e. The number of hydrogen-bond donors (Lipinski definition) is 3. The highest BCUT2D eigenvalue weighted by Crippen LogP contribution is 2.42. The van der Waals surface area contributed by atoms with Gasteiger partial charge in [-0.05, 0) is 103 Å². The first kappa shape index (κ1) is 59.7. The molecule has 0 bridgehead atoms. The van der Waals surface area contributed by atoms with Gasteiger partial charge in [-0.15, -0.1) is 0 Å². The van der Waals surface area contributed by atoms with Crippen LogP contribution in [0.25, 0.3) is 0 Å². The Morgan fingerprint density at radius 2 is 0.905 bits per heavy atom. The molecule has 0 aliphatic heterocycles. The normalized spacial score (nSPS) is 14.2. The van der Waals surface area contributed by atoms with Crippen LogP contribution in [-0.4, -0.2) is 54.3 Å². The van der Waals surface area contributed by atoms with Crippen LogP contribution in [-0.2, 0) is 27.9 Å². The maximum atomic E-state index is 12.1. The van der Waals surface area contributed by atoms with E-state index in [9.17, 15) is 24.2 Å². The minimum Gasteiger partial charge on any atom is -0.463 e. The smallest absolute Gasteiger partial charge is 0.463 e. The molecule has 0 radical (unpaired) electrons. The highest BCUT2D eigenvalue weighted by Gasteiger charge is 2.23. The SMILES string of the molecule is CC/C=C\C/C=C\C/C=C\C/C=C\C/C=C\CCCCCCCCCC(=O)OCC(O)COP(=O)(O)OCCNC(=O)CCCCC/C=C\C/C=C\C/C=C\C/C=C\CCCCC. The third kappa shape index (κ3) is 49.5. The van der Waals surface area contributed by atoms with Crippen LogP contribution in [0.4, 0.5) is 0 Å². The van der Waals surface area contributed by atoms with Gasteiger partial charge in [-0.2, -0.15) is 0 Å². The molecule has 0 rings (SSSR count). The summed E-state index contributed by atoms with van der Waals surface area (Å²) in [6.45, 7) is 3.34. The van der Waals surface area contributed by atoms with Crippen LogP contribution in [0, 0.1) is 0 Å². The molecule has 0 aromatic rings. The van der Waals surface area contributed by atoms with E-state index in [1.54, 1.807) is 0 Å². The molecule has 0 aliphatic carbocycles. The number of allylic oxidation sites excluding steroid dienone is 18. The fourth-order valence-corrected chi connectivity index (χ4v) is 6.79. The summed E-state index contributed by atoms with van der Waals surface area (Å²) in [5.41, 5.74) is 0. The van der Waals surface area contributed by atoms with Crippen molar-refractivity contribution in [3.63, 3.8) is 0 Å². The summed E-state index contributed by atoms with van der Waals surface area (Å²) in [4.78, 5) is 34.0. The third-order valence-electron chi connectivity index (χ3n) is 9.69. The van der Waals surface area contributed by atoms with E-state index in [2.05, 4.69) is 129 Å². The predicted octanol–water partition coefficient (Wildman–Crippen LogP) is 14.3. The van der Waals surface area contributed by atoms with Gasteiger partial charge in [0.1, 0.15) is 12.7 Å². The standard InChI is InChI=1S/C53H88NO8P/c1-3-5-7-9-11-13-15-17-19-21-23-24-25-26-28-30-32-34-36-38-40-42-44-46-53(57)60-49-51(55)50-62-63(58,59)61-48-47-54-52(56)45-43-41-39-37-35-33-31-29-27-22-20-18-16-14-12-10-8-6-4-2/h5,7,11-14,17-20,23-24,26-29,33,35,51,55H,3-4,6,8-10,15-16,21-22,25,30-32,34,36-50H2,1-2H3,(H,54,56)(H,58,59)/b7-5-,13-11-,14-12-,19-17-,20-18-,24-23-,28-26-,29-27-,35-33-. The van der Waals surface area contributed by atoms with Crippen molar-refractivity contribution in [2.75, 3.05) is 26.4 Å². The van der Waals surface area contributed by atoms with Crippen LogP contribution in [0.5, 0.6) is 0 Å². The molecule has 10 heteroatoms. The predicted molar refractivity (Wildman–Crippen MR) is 265 cm³/mol. The van der Waals surface area contributed by atoms with Gasteiger partial charge in [0.25, 0.3) is 0 Å². The number of amides is 1. The molecule has 3 N–H and O–H groups in total. The number of carbonyl (C=O) groups excluding carboxylic acids is 2. The first-order valence-electron chi connectivity index (χ1n) is 24.4. The van der Waals surface area contributed by atoms with Gasteiger partial charge in [0.15, 0.2) is 0 Å². The van der Waals surface area contributed by atoms with Gasteiger partial charge in [-0.25, -0.2) is 4.57 Å². The van der Waals surface area contributed by atoms with Crippen molar-refractivity contribution in [1.29, 1.82) is 0 Å². The minimum absolute atomic E-state index is 0.0565. The number of esters is 1. The lowest BCUT2D eigenvalue weighted by Gasteiger charge is -2.15. The van der Waals surface area contributed by atoms with E-state index in [4.69, 9.17) is 13.8 Å². The van der Waals surface area contributed by atoms with E-state index in [0.717, 1.165) is 103 Å². The topological polar surface area (TPSA) is 131 Å². The van der Waals surface area contributed by atoms with Crippen molar-refractivity contribution in [2.24, 2.45) is 0 Å². The number of aliphatic hydroxyl groups is 1. The van der Waals surface area contributed by atoms with E-state index in [0.29, 0.717) is 12.8 Å². The lowest BCUT2D eigenvalue weighted by Crippen LogP contribution is -2.27. The molecular weight excluding hydrogens is 810 g/mol. The van der Waals surface area contributed by atoms with Crippen LogP contribution in [0.3, 0.4) is 0 Å². The summed E-state index contributed by atoms with van der Waals surface area (Å²) in [6, 6.07) is 0. The molecule has 9 nitrogen and oxygen atoms in total. The number of ether oxygens (including phenoxy) is 1. The van der Waals surface area contributed by atoms with Crippen LogP contribution in [0.2, 0.25) is 0 Å². The average molecular weight is 898 g/mol. The molecule has 0 fully saturated rings. The zero-order chi connectivity index (χ0) is 46.0. The van der Waals surface area contributed by atoms with E-state index in [-0.39, 0.29) is 32.1 Å². The Hall–Kier alpha value is -3.33. The summed E-state index contributed by atoms with van der Waals surface area (Å²) in [5.74, 6) is -0.567. The van der Waals surface area contributed by atoms with Crippen molar-refractivity contribution in [3.8, 4) is 0 Å². The van der Waals surface area contributed by atoms with Gasteiger partial charge in [0, 0.05) is 19.4 Å². The summed E-state index contributed by atoms with van der Waals surface area (Å²) in [6.07, 6.45) is 64.5. The molecule has 0 aromatic heterocycles. The van der Waals surface area contributed by atoms with Gasteiger partial charge in [0.2, 0.25) is 5.91 Å². The highest BCUT2D eigenvalue weighted by atomic mass is 31.2. The molecule has 0 heterocycles. The third-order valence-corrected chi connectivity index (χ3v) is 10.7. The quantitative estimate of drug-likeness (QED) is 0.0238. The van der Waals surface area contributed by atoms with Crippen LogP contribution in [0.1, 0.15) is 181 Å². The van der Waals surface area contributed by atoms with Crippen molar-refractivity contribution in [2.45, 2.75) is 187 Å². The molecule has 2 atom stereocenters. The average Bonchev–Trinajstić information content (AvgIpc) is 3.27. The fraction of sp³-hybridized carbons (Fsp3) is 0.623. The van der Waals surface area contributed by atoms with E-state index in [1.807, 2.05) is 0 Å². The van der Waals surface area contributed by atoms with Crippen molar-refractivity contribution < 1.29 is 37.9 Å². The van der Waals surface area contributed by atoms with Gasteiger partial charge in [0.05, 0.1) is 13.2 Å². The number of aliphatic hydroxyl groups excluding tert-OH is 1. The number of unbranched alkanes of at least 4 members (excludes halogenated alkanes) is 13. The van der Waals surface area contributed by atoms with E-state index >= 15 is 0 Å². The Labute approximate surface area is 384 Å². The Bertz CT molecular complexity index is 1390. The summed E-state index contributed by atoms with van der Waals surface area (Å²) in [5, 5.41) is 12.7. The number of hydrogen-bond acceptors (Lipinski definition) is 7. The second-order valence-electron chi connectivity index (χ2n) is 15.7. The number of phosphoric acid groups is 1. The molecule has 2 unspecified atom stereocenters. The molecule has 0 aromatic carbocycles. The molecule has 0 aliphatic rings. The maximum Gasteiger partial charge on any atom is 0.472 e. The minimum atomic E-state index is -4.44. The zero-order valence-electron chi connectivity index (χ0n) is 39.5. The van der Waals surface area contributed by atoms with Gasteiger partial charge < -0.3 is 20.1 Å². The lowest BCUT2D eigenvalue weighted by molar-refractivity contribution is -0.147. The van der Waals surface area contributed by atoms with Gasteiger partial charge in [-0.1, -0.05) is 175 Å². The van der Waals surface area contributed by atoms with Crippen molar-refractivity contribution >= 4 is 19.7 Å². The Morgan fingerprint density at radius 1 is 0.508 bits per heavy atom. The Balaban J connectivity index is 3.68. The van der Waals surface area contributed by atoms with Gasteiger partial charge >= 0.3 is 13.8 Å². The molecule has 0 spiro atoms. The van der Waals surface area contributed by atoms with Gasteiger partial charge in [-0.3, -0.25) is 18.6 Å². The van der Waals surface area contributed by atoms with E-state index < -0.39 is 26.5 Å². The summed E-state index contributed by atoms with van der Waals surface area (Å²) >= 11 is 0. The van der Waals surface area contributed by atoms with E-state index in [1.165, 1.54) is 44.9 Å². The lowest BCUT2D eigenvalue weighted by atomic mass is 10.1. The Kier molecular flexibility index (Phi) is 45.6. The van der Waals surface area contributed by atoms with Crippen molar-refractivity contribution in [1.82, 2.24) is 5.32 Å². The molecular formula is C53H88NO8P. The summed E-state index contributed by atoms with van der Waals surface area (Å²) < 4.78 is 26.9. The van der Waals surface area contributed by atoms with Crippen LogP contribution in [0.15, 0.2) is 109 Å². The van der Waals surface area contributed by atoms with Crippen LogP contribution >= 0.6 is 7.82 Å². The second-order valence-corrected chi connectivity index (χ2v) is 17.1. The Morgan fingerprint density at radius 3 is 1.38 bits per heavy atom. The maximum absolute atomic E-state index is 12.1. The highest BCUT2D eigenvalue weighted by molar-refractivity contribution is 7.47. The van der Waals surface area contributed by atoms with Crippen LogP contribution < -0.4 is 5.32 Å². The van der Waals surface area contributed by atoms with Crippen molar-refractivity contribution in [3.05, 3.63) is 109 Å². The molecule has 63 heavy (non-hydrogen) atoms. The monoisotopic (exact) mass is 898 g/mol. The molecule has 0 saturated carbocycles. The first-order chi connectivity index (χ1) is 30.8. The number of phosphoric ester groups is 1. The number of nitrogens with one attached hydrogen (secondary N) is 1. The molecule has 0 saturated heterocycles.